The minimum atomic E-state index is -0.110. The maximum atomic E-state index is 12.0. The number of hydrogen-bond acceptors (Lipinski definition) is 2. The zero-order valence-corrected chi connectivity index (χ0v) is 14.5. The van der Waals surface area contributed by atoms with Crippen LogP contribution in [0.15, 0.2) is 18.2 Å². The second-order valence-electron chi connectivity index (χ2n) is 5.90. The van der Waals surface area contributed by atoms with E-state index in [-0.39, 0.29) is 18.2 Å². The summed E-state index contributed by atoms with van der Waals surface area (Å²) in [5.74, 6) is 0.429. The molecular weight excluding hydrogens is 300 g/mol. The Bertz CT molecular complexity index is 529. The van der Waals surface area contributed by atoms with E-state index < -0.39 is 0 Å². The third-order valence-corrected chi connectivity index (χ3v) is 3.98. The quantitative estimate of drug-likeness (QED) is 0.827. The first kappa shape index (κ1) is 18.5. The van der Waals surface area contributed by atoms with E-state index >= 15 is 0 Å². The molecule has 0 aliphatic heterocycles. The van der Waals surface area contributed by atoms with Crippen molar-refractivity contribution in [3.05, 3.63) is 28.8 Å². The van der Waals surface area contributed by atoms with Crippen LogP contribution in [0, 0.1) is 12.8 Å². The third-order valence-electron chi connectivity index (χ3n) is 3.57. The van der Waals surface area contributed by atoms with Crippen molar-refractivity contribution in [3.63, 3.8) is 0 Å². The van der Waals surface area contributed by atoms with Crippen molar-refractivity contribution >= 4 is 29.1 Å². The highest BCUT2D eigenvalue weighted by Gasteiger charge is 2.12. The molecule has 122 valence electrons. The number of rotatable bonds is 7. The van der Waals surface area contributed by atoms with Crippen LogP contribution in [-0.4, -0.2) is 29.8 Å². The summed E-state index contributed by atoms with van der Waals surface area (Å²) in [5, 5.41) is 3.47. The van der Waals surface area contributed by atoms with E-state index in [1.165, 1.54) is 0 Å². The van der Waals surface area contributed by atoms with E-state index in [4.69, 9.17) is 11.6 Å². The molecule has 0 unspecified atom stereocenters. The Kier molecular flexibility index (Phi) is 7.39. The van der Waals surface area contributed by atoms with E-state index in [0.29, 0.717) is 29.7 Å². The smallest absolute Gasteiger partial charge is 0.226 e. The van der Waals surface area contributed by atoms with Gasteiger partial charge in [0, 0.05) is 37.1 Å². The summed E-state index contributed by atoms with van der Waals surface area (Å²) in [4.78, 5) is 25.4. The van der Waals surface area contributed by atoms with Crippen LogP contribution >= 0.6 is 11.6 Å². The number of halogens is 1. The van der Waals surface area contributed by atoms with Crippen LogP contribution in [0.5, 0.6) is 0 Å². The van der Waals surface area contributed by atoms with Crippen LogP contribution in [-0.2, 0) is 9.59 Å². The fourth-order valence-electron chi connectivity index (χ4n) is 2.03. The van der Waals surface area contributed by atoms with E-state index in [0.717, 1.165) is 12.0 Å². The third kappa shape index (κ3) is 6.06. The molecule has 4 nitrogen and oxygen atoms in total. The van der Waals surface area contributed by atoms with Gasteiger partial charge < -0.3 is 10.2 Å². The molecule has 22 heavy (non-hydrogen) atoms. The van der Waals surface area contributed by atoms with Crippen LogP contribution in [0.2, 0.25) is 5.02 Å². The molecule has 5 heteroatoms. The Morgan fingerprint density at radius 2 is 1.95 bits per heavy atom. The summed E-state index contributed by atoms with van der Waals surface area (Å²) >= 11 is 6.03. The molecule has 0 aromatic heterocycles. The maximum Gasteiger partial charge on any atom is 0.226 e. The lowest BCUT2D eigenvalue weighted by Crippen LogP contribution is -2.33. The number of carbonyl (C=O) groups excluding carboxylic acids is 2. The van der Waals surface area contributed by atoms with Gasteiger partial charge in [0.05, 0.1) is 0 Å². The van der Waals surface area contributed by atoms with Gasteiger partial charge in [-0.1, -0.05) is 31.5 Å². The van der Waals surface area contributed by atoms with E-state index in [2.05, 4.69) is 19.2 Å². The van der Waals surface area contributed by atoms with Crippen molar-refractivity contribution in [2.75, 3.05) is 18.4 Å². The number of hydrogen-bond donors (Lipinski definition) is 1. The largest absolute Gasteiger partial charge is 0.342 e. The number of nitrogens with one attached hydrogen (secondary N) is 1. The molecule has 1 aromatic carbocycles. The zero-order valence-electron chi connectivity index (χ0n) is 13.8. The summed E-state index contributed by atoms with van der Waals surface area (Å²) in [7, 11) is 0. The number of carbonyl (C=O) groups is 2. The number of anilines is 1. The van der Waals surface area contributed by atoms with E-state index in [1.807, 2.05) is 13.0 Å². The van der Waals surface area contributed by atoms with Crippen LogP contribution < -0.4 is 5.32 Å². The van der Waals surface area contributed by atoms with Crippen molar-refractivity contribution < 1.29 is 9.59 Å². The molecule has 0 bridgehead atoms. The molecule has 0 radical (unpaired) electrons. The average Bonchev–Trinajstić information content (AvgIpc) is 2.43. The highest BCUT2D eigenvalue weighted by molar-refractivity contribution is 6.31. The highest BCUT2D eigenvalue weighted by Crippen LogP contribution is 2.22. The number of amides is 2. The molecule has 0 fully saturated rings. The van der Waals surface area contributed by atoms with Gasteiger partial charge >= 0.3 is 0 Å². The van der Waals surface area contributed by atoms with E-state index in [9.17, 15) is 9.59 Å². The first-order valence-electron chi connectivity index (χ1n) is 7.61. The fraction of sp³-hybridized carbons (Fsp3) is 0.529. The van der Waals surface area contributed by atoms with Crippen molar-refractivity contribution in [1.29, 1.82) is 0 Å². The minimum absolute atomic E-state index is 0.00684. The van der Waals surface area contributed by atoms with Crippen molar-refractivity contribution in [2.24, 2.45) is 5.92 Å². The topological polar surface area (TPSA) is 49.4 Å². The molecule has 0 aliphatic carbocycles. The summed E-state index contributed by atoms with van der Waals surface area (Å²) in [5.41, 5.74) is 1.56. The molecule has 0 atom stereocenters. The van der Waals surface area contributed by atoms with Gasteiger partial charge in [-0.05, 0) is 37.0 Å². The Balaban J connectivity index is 2.53. The van der Waals surface area contributed by atoms with Crippen molar-refractivity contribution in [1.82, 2.24) is 4.90 Å². The van der Waals surface area contributed by atoms with Crippen LogP contribution in [0.4, 0.5) is 5.69 Å². The summed E-state index contributed by atoms with van der Waals surface area (Å²) in [6, 6.07) is 5.41. The standard InChI is InChI=1S/C17H25ClN2O2/c1-12(2)8-10-20(14(4)21)11-9-17(22)19-16-7-5-6-15(18)13(16)3/h5-7,12H,8-11H2,1-4H3,(H,19,22). The average molecular weight is 325 g/mol. The Labute approximate surface area is 137 Å². The van der Waals surface area contributed by atoms with Gasteiger partial charge in [0.25, 0.3) is 0 Å². The second kappa shape index (κ2) is 8.79. The predicted molar refractivity (Wildman–Crippen MR) is 91.1 cm³/mol. The molecule has 1 aromatic rings. The van der Waals surface area contributed by atoms with Gasteiger partial charge in [0.2, 0.25) is 11.8 Å². The molecule has 0 heterocycles. The van der Waals surface area contributed by atoms with Crippen molar-refractivity contribution in [2.45, 2.75) is 40.5 Å². The minimum Gasteiger partial charge on any atom is -0.342 e. The number of benzene rings is 1. The summed E-state index contributed by atoms with van der Waals surface area (Å²) < 4.78 is 0. The van der Waals surface area contributed by atoms with Crippen LogP contribution in [0.3, 0.4) is 0 Å². The molecule has 0 aliphatic rings. The number of nitrogens with zero attached hydrogens (tertiary/aromatic N) is 1. The lowest BCUT2D eigenvalue weighted by atomic mass is 10.1. The van der Waals surface area contributed by atoms with Gasteiger partial charge in [-0.2, -0.15) is 0 Å². The predicted octanol–water partition coefficient (Wildman–Crippen LogP) is 3.87. The molecular formula is C17H25ClN2O2. The van der Waals surface area contributed by atoms with Crippen LogP contribution in [0.25, 0.3) is 0 Å². The normalized spacial score (nSPS) is 10.6. The SMILES string of the molecule is CC(=O)N(CCC(=O)Nc1cccc(Cl)c1C)CCC(C)C. The highest BCUT2D eigenvalue weighted by atomic mass is 35.5. The first-order valence-corrected chi connectivity index (χ1v) is 7.99. The first-order chi connectivity index (χ1) is 10.3. The summed E-state index contributed by atoms with van der Waals surface area (Å²) in [6.45, 7) is 8.77. The lowest BCUT2D eigenvalue weighted by molar-refractivity contribution is -0.129. The Hall–Kier alpha value is -1.55. The Morgan fingerprint density at radius 1 is 1.27 bits per heavy atom. The molecule has 2 amide bonds. The van der Waals surface area contributed by atoms with Gasteiger partial charge in [-0.15, -0.1) is 0 Å². The molecule has 0 spiro atoms. The van der Waals surface area contributed by atoms with Gasteiger partial charge in [-0.25, -0.2) is 0 Å². The molecule has 0 saturated carbocycles. The zero-order chi connectivity index (χ0) is 16.7. The molecule has 1 N–H and O–H groups in total. The maximum absolute atomic E-state index is 12.0. The van der Waals surface area contributed by atoms with E-state index in [1.54, 1.807) is 24.0 Å². The lowest BCUT2D eigenvalue weighted by Gasteiger charge is -2.22. The van der Waals surface area contributed by atoms with Gasteiger partial charge in [-0.3, -0.25) is 9.59 Å². The second-order valence-corrected chi connectivity index (χ2v) is 6.31. The molecule has 1 rings (SSSR count). The van der Waals surface area contributed by atoms with Gasteiger partial charge in [0.1, 0.15) is 0 Å². The Morgan fingerprint density at radius 3 is 2.55 bits per heavy atom. The van der Waals surface area contributed by atoms with Crippen molar-refractivity contribution in [3.8, 4) is 0 Å². The van der Waals surface area contributed by atoms with Crippen LogP contribution in [0.1, 0.15) is 39.2 Å². The fourth-order valence-corrected chi connectivity index (χ4v) is 2.21. The monoisotopic (exact) mass is 324 g/mol. The summed E-state index contributed by atoms with van der Waals surface area (Å²) in [6.07, 6.45) is 1.22. The van der Waals surface area contributed by atoms with Gasteiger partial charge in [0.15, 0.2) is 0 Å². The molecule has 0 saturated heterocycles.